The van der Waals surface area contributed by atoms with Gasteiger partial charge in [-0.25, -0.2) is 4.79 Å². The molecule has 1 aromatic carbocycles. The van der Waals surface area contributed by atoms with Crippen LogP contribution in [0, 0.1) is 5.92 Å². The minimum absolute atomic E-state index is 0.238. The van der Waals surface area contributed by atoms with Gasteiger partial charge in [-0.1, -0.05) is 49.7 Å². The van der Waals surface area contributed by atoms with Crippen LogP contribution in [0.4, 0.5) is 4.79 Å². The van der Waals surface area contributed by atoms with E-state index in [1.54, 1.807) is 17.0 Å². The van der Waals surface area contributed by atoms with E-state index in [1.807, 2.05) is 19.9 Å². The highest BCUT2D eigenvalue weighted by molar-refractivity contribution is 6.42. The molecule has 0 radical (unpaired) electrons. The Labute approximate surface area is 141 Å². The Hall–Kier alpha value is -1.19. The van der Waals surface area contributed by atoms with E-state index in [1.165, 1.54) is 0 Å². The first-order chi connectivity index (χ1) is 10.4. The van der Waals surface area contributed by atoms with Gasteiger partial charge in [0.1, 0.15) is 0 Å². The monoisotopic (exact) mass is 341 g/mol. The van der Waals surface area contributed by atoms with Crippen molar-refractivity contribution < 1.29 is 9.53 Å². The molecule has 1 fully saturated rings. The lowest BCUT2D eigenvalue weighted by Crippen LogP contribution is -2.34. The van der Waals surface area contributed by atoms with Crippen molar-refractivity contribution in [3.63, 3.8) is 0 Å². The molecule has 120 valence electrons. The molecule has 5 heteroatoms. The van der Waals surface area contributed by atoms with Crippen LogP contribution in [0.25, 0.3) is 6.08 Å². The Morgan fingerprint density at radius 1 is 1.45 bits per heavy atom. The lowest BCUT2D eigenvalue weighted by molar-refractivity contribution is 0.0870. The van der Waals surface area contributed by atoms with Gasteiger partial charge < -0.3 is 9.64 Å². The summed E-state index contributed by atoms with van der Waals surface area (Å²) in [6.45, 7) is 8.60. The molecule has 22 heavy (non-hydrogen) atoms. The third-order valence-electron chi connectivity index (χ3n) is 3.46. The third-order valence-corrected chi connectivity index (χ3v) is 4.31. The zero-order chi connectivity index (χ0) is 16.3. The van der Waals surface area contributed by atoms with Gasteiger partial charge in [-0.3, -0.25) is 0 Å². The molecule has 0 N–H and O–H groups in total. The van der Waals surface area contributed by atoms with Crippen molar-refractivity contribution >= 4 is 35.4 Å². The van der Waals surface area contributed by atoms with Crippen molar-refractivity contribution in [1.29, 1.82) is 0 Å². The van der Waals surface area contributed by atoms with Gasteiger partial charge in [0.15, 0.2) is 0 Å². The summed E-state index contributed by atoms with van der Waals surface area (Å²) >= 11 is 12.4. The normalized spacial score (nSPS) is 14.0. The summed E-state index contributed by atoms with van der Waals surface area (Å²) in [6.07, 6.45) is 3.43. The molecule has 0 atom stereocenters. The minimum Gasteiger partial charge on any atom is -0.449 e. The lowest BCUT2D eigenvalue weighted by atomic mass is 10.1. The Morgan fingerprint density at radius 3 is 2.68 bits per heavy atom. The molecule has 0 saturated heterocycles. The Balaban J connectivity index is 2.16. The first-order valence-electron chi connectivity index (χ1n) is 7.46. The van der Waals surface area contributed by atoms with Crippen molar-refractivity contribution in [3.05, 3.63) is 39.9 Å². The van der Waals surface area contributed by atoms with E-state index in [4.69, 9.17) is 27.9 Å². The average molecular weight is 342 g/mol. The van der Waals surface area contributed by atoms with Gasteiger partial charge in [0.2, 0.25) is 0 Å². The van der Waals surface area contributed by atoms with Gasteiger partial charge >= 0.3 is 6.09 Å². The van der Waals surface area contributed by atoms with Gasteiger partial charge in [0, 0.05) is 6.04 Å². The van der Waals surface area contributed by atoms with Crippen LogP contribution < -0.4 is 0 Å². The van der Waals surface area contributed by atoms with Gasteiger partial charge in [-0.15, -0.1) is 0 Å². The molecule has 3 nitrogen and oxygen atoms in total. The highest BCUT2D eigenvalue weighted by Gasteiger charge is 2.34. The number of halogens is 2. The van der Waals surface area contributed by atoms with E-state index in [9.17, 15) is 4.79 Å². The molecule has 0 heterocycles. The molecule has 0 unspecified atom stereocenters. The number of nitrogens with zero attached hydrogens (tertiary/aromatic N) is 1. The fraction of sp³-hybridized carbons (Fsp3) is 0.471. The molecule has 0 bridgehead atoms. The first kappa shape index (κ1) is 17.2. The van der Waals surface area contributed by atoms with Gasteiger partial charge in [-0.2, -0.15) is 0 Å². The predicted molar refractivity (Wildman–Crippen MR) is 91.3 cm³/mol. The SMILES string of the molecule is C=Cc1cc(Cl)c(Cl)c(CN(C(=O)OCC(C)C)C2CC2)c1. The van der Waals surface area contributed by atoms with Crippen molar-refractivity contribution in [2.24, 2.45) is 5.92 Å². The van der Waals surface area contributed by atoms with Crippen molar-refractivity contribution in [3.8, 4) is 0 Å². The first-order valence-corrected chi connectivity index (χ1v) is 8.21. The van der Waals surface area contributed by atoms with Crippen LogP contribution in [0.5, 0.6) is 0 Å². The van der Waals surface area contributed by atoms with Crippen molar-refractivity contribution in [2.75, 3.05) is 6.61 Å². The largest absolute Gasteiger partial charge is 0.449 e. The van der Waals surface area contributed by atoms with Crippen LogP contribution in [0.1, 0.15) is 37.8 Å². The summed E-state index contributed by atoms with van der Waals surface area (Å²) in [7, 11) is 0. The number of ether oxygens (including phenoxy) is 1. The van der Waals surface area contributed by atoms with Crippen LogP contribution in [0.2, 0.25) is 10.0 Å². The van der Waals surface area contributed by atoms with Crippen molar-refractivity contribution in [1.82, 2.24) is 4.90 Å². The van der Waals surface area contributed by atoms with E-state index in [0.29, 0.717) is 29.1 Å². The number of amides is 1. The number of carbonyl (C=O) groups excluding carboxylic acids is 1. The second kappa shape index (κ2) is 7.38. The maximum Gasteiger partial charge on any atom is 0.410 e. The maximum atomic E-state index is 12.3. The van der Waals surface area contributed by atoms with Crippen LogP contribution in [0.15, 0.2) is 18.7 Å². The third kappa shape index (κ3) is 4.40. The summed E-state index contributed by atoms with van der Waals surface area (Å²) in [5, 5.41) is 0.954. The Kier molecular flexibility index (Phi) is 5.76. The summed E-state index contributed by atoms with van der Waals surface area (Å²) in [6, 6.07) is 3.91. The summed E-state index contributed by atoms with van der Waals surface area (Å²) in [5.41, 5.74) is 1.70. The van der Waals surface area contributed by atoms with Crippen LogP contribution in [-0.4, -0.2) is 23.6 Å². The van der Waals surface area contributed by atoms with E-state index in [0.717, 1.165) is 24.0 Å². The quantitative estimate of drug-likeness (QED) is 0.693. The van der Waals surface area contributed by atoms with E-state index < -0.39 is 0 Å². The summed E-state index contributed by atoms with van der Waals surface area (Å²) in [5.74, 6) is 0.312. The van der Waals surface area contributed by atoms with Gasteiger partial charge in [0.25, 0.3) is 0 Å². The number of hydrogen-bond donors (Lipinski definition) is 0. The van der Waals surface area contributed by atoms with Crippen molar-refractivity contribution in [2.45, 2.75) is 39.3 Å². The number of rotatable bonds is 6. The van der Waals surface area contributed by atoms with Crippen LogP contribution in [0.3, 0.4) is 0 Å². The molecular formula is C17H21Cl2NO2. The topological polar surface area (TPSA) is 29.5 Å². The molecule has 0 spiro atoms. The van der Waals surface area contributed by atoms with E-state index in [-0.39, 0.29) is 12.1 Å². The highest BCUT2D eigenvalue weighted by Crippen LogP contribution is 2.33. The fourth-order valence-electron chi connectivity index (χ4n) is 2.14. The Morgan fingerprint density at radius 2 is 2.14 bits per heavy atom. The molecular weight excluding hydrogens is 321 g/mol. The number of carbonyl (C=O) groups is 1. The molecule has 0 aliphatic heterocycles. The molecule has 1 amide bonds. The predicted octanol–water partition coefficient (Wildman–Crippen LogP) is 5.39. The lowest BCUT2D eigenvalue weighted by Gasteiger charge is -2.23. The summed E-state index contributed by atoms with van der Waals surface area (Å²) < 4.78 is 5.36. The smallest absolute Gasteiger partial charge is 0.410 e. The average Bonchev–Trinajstić information content (AvgIpc) is 3.30. The van der Waals surface area contributed by atoms with Gasteiger partial charge in [-0.05, 0) is 42.0 Å². The molecule has 0 aromatic heterocycles. The second-order valence-corrected chi connectivity index (χ2v) is 6.79. The zero-order valence-corrected chi connectivity index (χ0v) is 14.5. The fourth-order valence-corrected chi connectivity index (χ4v) is 2.55. The standard InChI is InChI=1S/C17H21Cl2NO2/c1-4-12-7-13(16(19)15(18)8-12)9-20(14-5-6-14)17(21)22-10-11(2)3/h4,7-8,11,14H,1,5-6,9-10H2,2-3H3. The molecule has 1 aliphatic rings. The van der Waals surface area contributed by atoms with E-state index in [2.05, 4.69) is 6.58 Å². The van der Waals surface area contributed by atoms with Crippen LogP contribution in [-0.2, 0) is 11.3 Å². The number of hydrogen-bond acceptors (Lipinski definition) is 2. The number of benzene rings is 1. The molecule has 2 rings (SSSR count). The maximum absolute atomic E-state index is 12.3. The molecule has 1 aliphatic carbocycles. The Bertz CT molecular complexity index is 568. The molecule has 1 saturated carbocycles. The van der Waals surface area contributed by atoms with Gasteiger partial charge in [0.05, 0.1) is 23.2 Å². The summed E-state index contributed by atoms with van der Waals surface area (Å²) in [4.78, 5) is 14.0. The molecule has 1 aromatic rings. The van der Waals surface area contributed by atoms with Crippen LogP contribution >= 0.6 is 23.2 Å². The second-order valence-electron chi connectivity index (χ2n) is 6.01. The zero-order valence-electron chi connectivity index (χ0n) is 12.9. The van der Waals surface area contributed by atoms with E-state index >= 15 is 0 Å². The minimum atomic E-state index is -0.285. The highest BCUT2D eigenvalue weighted by atomic mass is 35.5.